The summed E-state index contributed by atoms with van der Waals surface area (Å²) >= 11 is 0. The van der Waals surface area contributed by atoms with E-state index < -0.39 is 8.80 Å². The average Bonchev–Trinajstić information content (AvgIpc) is 2.30. The summed E-state index contributed by atoms with van der Waals surface area (Å²) in [6.45, 7) is 5.42. The number of rotatable bonds is 8. The average molecular weight is 265 g/mol. The van der Waals surface area contributed by atoms with Gasteiger partial charge >= 0.3 is 14.8 Å². The second kappa shape index (κ2) is 9.31. The van der Waals surface area contributed by atoms with Crippen LogP contribution in [0.5, 0.6) is 0 Å². The van der Waals surface area contributed by atoms with Crippen molar-refractivity contribution in [1.82, 2.24) is 6.15 Å². The van der Waals surface area contributed by atoms with E-state index >= 15 is 0 Å². The number of hydrogen-bond donors (Lipinski definition) is 1. The Kier molecular flexibility index (Phi) is 10.2. The molecule has 6 nitrogen and oxygen atoms in total. The van der Waals surface area contributed by atoms with E-state index in [2.05, 4.69) is 6.58 Å². The monoisotopic (exact) mass is 265 g/mol. The molecule has 0 rings (SSSR count). The molecule has 0 aromatic heterocycles. The molecular weight excluding hydrogens is 242 g/mol. The van der Waals surface area contributed by atoms with E-state index in [4.69, 9.17) is 18.0 Å². The molecule has 0 aromatic rings. The third-order valence-corrected chi connectivity index (χ3v) is 4.97. The van der Waals surface area contributed by atoms with Gasteiger partial charge in [-0.25, -0.2) is 4.79 Å². The number of hydrogen-bond acceptors (Lipinski definition) is 6. The Balaban J connectivity index is 0. The third kappa shape index (κ3) is 6.54. The molecule has 0 unspecified atom stereocenters. The van der Waals surface area contributed by atoms with Crippen molar-refractivity contribution < 1.29 is 22.8 Å². The van der Waals surface area contributed by atoms with Crippen molar-refractivity contribution in [3.63, 3.8) is 0 Å². The summed E-state index contributed by atoms with van der Waals surface area (Å²) in [6, 6.07) is 0.611. The number of ether oxygens (including phenoxy) is 1. The van der Waals surface area contributed by atoms with Crippen LogP contribution in [0, 0.1) is 0 Å². The molecule has 0 atom stereocenters. The molecule has 0 aliphatic heterocycles. The van der Waals surface area contributed by atoms with Crippen LogP contribution in [0.2, 0.25) is 6.04 Å². The maximum atomic E-state index is 11.1. The van der Waals surface area contributed by atoms with Gasteiger partial charge in [0.15, 0.2) is 0 Å². The predicted octanol–water partition coefficient (Wildman–Crippen LogP) is 1.54. The number of esters is 1. The van der Waals surface area contributed by atoms with Gasteiger partial charge in [-0.15, -0.1) is 0 Å². The van der Waals surface area contributed by atoms with Crippen molar-refractivity contribution in [3.8, 4) is 0 Å². The SMILES string of the molecule is C=C(C)C(=O)OCCC[Si](OC)(OC)OC.N. The van der Waals surface area contributed by atoms with Crippen LogP contribution in [0.4, 0.5) is 0 Å². The first-order chi connectivity index (χ1) is 7.51. The molecule has 0 radical (unpaired) electrons. The second-order valence-corrected chi connectivity index (χ2v) is 6.41. The lowest BCUT2D eigenvalue weighted by molar-refractivity contribution is -0.139. The van der Waals surface area contributed by atoms with E-state index in [0.717, 1.165) is 0 Å². The van der Waals surface area contributed by atoms with Crippen molar-refractivity contribution in [2.75, 3.05) is 27.9 Å². The Morgan fingerprint density at radius 1 is 1.18 bits per heavy atom. The molecule has 0 fully saturated rings. The Morgan fingerprint density at radius 2 is 1.65 bits per heavy atom. The topological polar surface area (TPSA) is 89.0 Å². The lowest BCUT2D eigenvalue weighted by Crippen LogP contribution is -2.42. The fourth-order valence-electron chi connectivity index (χ4n) is 1.13. The first-order valence-electron chi connectivity index (χ1n) is 4.99. The molecule has 0 saturated carbocycles. The Morgan fingerprint density at radius 3 is 2.00 bits per heavy atom. The second-order valence-electron chi connectivity index (χ2n) is 3.32. The summed E-state index contributed by atoms with van der Waals surface area (Å²) in [7, 11) is 2.13. The highest BCUT2D eigenvalue weighted by Crippen LogP contribution is 2.14. The van der Waals surface area contributed by atoms with Gasteiger partial charge in [0.25, 0.3) is 0 Å². The highest BCUT2D eigenvalue weighted by Gasteiger charge is 2.36. The minimum Gasteiger partial charge on any atom is -0.462 e. The van der Waals surface area contributed by atoms with E-state index in [9.17, 15) is 4.79 Å². The molecule has 17 heavy (non-hydrogen) atoms. The van der Waals surface area contributed by atoms with Gasteiger partial charge < -0.3 is 24.2 Å². The Labute approximate surface area is 104 Å². The zero-order valence-electron chi connectivity index (χ0n) is 11.1. The van der Waals surface area contributed by atoms with Crippen LogP contribution in [0.15, 0.2) is 12.2 Å². The molecule has 0 saturated heterocycles. The number of carbonyl (C=O) groups excluding carboxylic acids is 1. The van der Waals surface area contributed by atoms with Gasteiger partial charge in [-0.1, -0.05) is 6.58 Å². The predicted molar refractivity (Wildman–Crippen MR) is 67.0 cm³/mol. The minimum absolute atomic E-state index is 0. The Hall–Kier alpha value is -0.733. The molecule has 0 aliphatic carbocycles. The van der Waals surface area contributed by atoms with Crippen molar-refractivity contribution >= 4 is 14.8 Å². The molecule has 0 bridgehead atoms. The summed E-state index contributed by atoms with van der Waals surface area (Å²) in [5, 5.41) is 0. The van der Waals surface area contributed by atoms with Gasteiger partial charge in [-0.3, -0.25) is 0 Å². The van der Waals surface area contributed by atoms with E-state index in [1.165, 1.54) is 0 Å². The van der Waals surface area contributed by atoms with Crippen LogP contribution >= 0.6 is 0 Å². The molecule has 0 aromatic carbocycles. The summed E-state index contributed by atoms with van der Waals surface area (Å²) in [6.07, 6.45) is 0.640. The van der Waals surface area contributed by atoms with Gasteiger partial charge in [0.1, 0.15) is 0 Å². The molecule has 0 aliphatic rings. The van der Waals surface area contributed by atoms with Gasteiger partial charge in [0.2, 0.25) is 0 Å². The smallest absolute Gasteiger partial charge is 0.462 e. The highest BCUT2D eigenvalue weighted by molar-refractivity contribution is 6.60. The fraction of sp³-hybridized carbons (Fsp3) is 0.700. The lowest BCUT2D eigenvalue weighted by Gasteiger charge is -2.24. The molecular formula is C10H23NO5Si. The van der Waals surface area contributed by atoms with Crippen LogP contribution in [-0.2, 0) is 22.8 Å². The van der Waals surface area contributed by atoms with E-state index in [0.29, 0.717) is 24.6 Å². The van der Waals surface area contributed by atoms with E-state index in [1.54, 1.807) is 28.3 Å². The van der Waals surface area contributed by atoms with Crippen molar-refractivity contribution in [3.05, 3.63) is 12.2 Å². The van der Waals surface area contributed by atoms with Crippen molar-refractivity contribution in [1.29, 1.82) is 0 Å². The van der Waals surface area contributed by atoms with E-state index in [-0.39, 0.29) is 12.1 Å². The number of carbonyl (C=O) groups is 1. The lowest BCUT2D eigenvalue weighted by atomic mass is 10.4. The quantitative estimate of drug-likeness (QED) is 0.310. The van der Waals surface area contributed by atoms with Crippen LogP contribution < -0.4 is 6.15 Å². The largest absolute Gasteiger partial charge is 0.500 e. The maximum absolute atomic E-state index is 11.1. The first-order valence-corrected chi connectivity index (χ1v) is 6.92. The zero-order valence-corrected chi connectivity index (χ0v) is 12.1. The normalized spacial score (nSPS) is 10.6. The highest BCUT2D eigenvalue weighted by atomic mass is 28.4. The van der Waals surface area contributed by atoms with Crippen molar-refractivity contribution in [2.45, 2.75) is 19.4 Å². The van der Waals surface area contributed by atoms with Crippen LogP contribution in [-0.4, -0.2) is 42.7 Å². The minimum atomic E-state index is -2.53. The fourth-order valence-corrected chi connectivity index (χ4v) is 2.82. The third-order valence-electron chi connectivity index (χ3n) is 2.14. The molecule has 3 N–H and O–H groups in total. The van der Waals surface area contributed by atoms with Gasteiger partial charge in [0.05, 0.1) is 6.61 Å². The molecule has 0 amide bonds. The van der Waals surface area contributed by atoms with Crippen LogP contribution in [0.25, 0.3) is 0 Å². The van der Waals surface area contributed by atoms with Gasteiger partial charge in [-0.2, -0.15) is 0 Å². The summed E-state index contributed by atoms with van der Waals surface area (Å²) in [5.74, 6) is -0.375. The standard InChI is InChI=1S/C10H20O5Si.H3N/c1-9(2)10(11)15-7-6-8-16(12-3,13-4)14-5;/h1,6-8H2,2-5H3;1H3. The van der Waals surface area contributed by atoms with Crippen LogP contribution in [0.1, 0.15) is 13.3 Å². The van der Waals surface area contributed by atoms with Gasteiger partial charge in [0, 0.05) is 32.9 Å². The molecule has 0 heterocycles. The zero-order chi connectivity index (χ0) is 12.6. The first kappa shape index (κ1) is 18.6. The molecule has 0 spiro atoms. The maximum Gasteiger partial charge on any atom is 0.500 e. The van der Waals surface area contributed by atoms with Gasteiger partial charge in [-0.05, 0) is 13.3 Å². The summed E-state index contributed by atoms with van der Waals surface area (Å²) in [4.78, 5) is 11.1. The molecule has 7 heteroatoms. The Bertz CT molecular complexity index is 235. The van der Waals surface area contributed by atoms with Crippen molar-refractivity contribution in [2.24, 2.45) is 0 Å². The van der Waals surface area contributed by atoms with Crippen LogP contribution in [0.3, 0.4) is 0 Å². The summed E-state index contributed by atoms with van der Waals surface area (Å²) in [5.41, 5.74) is 0.397. The molecule has 102 valence electrons. The summed E-state index contributed by atoms with van der Waals surface area (Å²) < 4.78 is 20.6. The van der Waals surface area contributed by atoms with E-state index in [1.807, 2.05) is 0 Å².